The van der Waals surface area contributed by atoms with E-state index < -0.39 is 5.60 Å². The second-order valence-corrected chi connectivity index (χ2v) is 12.3. The molecule has 4 aromatic rings. The lowest BCUT2D eigenvalue weighted by molar-refractivity contribution is -0.128. The Kier molecular flexibility index (Phi) is 7.27. The molecule has 0 spiro atoms. The van der Waals surface area contributed by atoms with E-state index >= 15 is 0 Å². The number of nitrogens with zero attached hydrogens (tertiary/aromatic N) is 7. The van der Waals surface area contributed by atoms with Gasteiger partial charge in [0.15, 0.2) is 0 Å². The van der Waals surface area contributed by atoms with Gasteiger partial charge in [0.2, 0.25) is 5.91 Å². The fourth-order valence-electron chi connectivity index (χ4n) is 6.78. The van der Waals surface area contributed by atoms with Crippen molar-refractivity contribution >= 4 is 28.8 Å². The van der Waals surface area contributed by atoms with Crippen LogP contribution in [0.1, 0.15) is 43.4 Å². The summed E-state index contributed by atoms with van der Waals surface area (Å²) in [5, 5.41) is 0. The van der Waals surface area contributed by atoms with E-state index in [0.717, 1.165) is 28.0 Å². The number of rotatable bonds is 6. The Morgan fingerprint density at radius 1 is 1.09 bits per heavy atom. The normalized spacial score (nSPS) is 21.8. The summed E-state index contributed by atoms with van der Waals surface area (Å²) >= 11 is 0. The molecule has 3 aromatic heterocycles. The van der Waals surface area contributed by atoms with Crippen LogP contribution >= 0.6 is 0 Å². The number of carbonyl (C=O) groups is 2. The number of likely N-dealkylation sites (tertiary alicyclic amines) is 1. The van der Waals surface area contributed by atoms with E-state index in [2.05, 4.69) is 34.3 Å². The first kappa shape index (κ1) is 29.0. The maximum atomic E-state index is 13.6. The molecule has 0 radical (unpaired) electrons. The molecule has 0 bridgehead atoms. The average Bonchev–Trinajstić information content (AvgIpc) is 3.71. The summed E-state index contributed by atoms with van der Waals surface area (Å²) in [6.07, 6.45) is 7.89. The van der Waals surface area contributed by atoms with E-state index in [9.17, 15) is 9.59 Å². The third kappa shape index (κ3) is 5.10. The summed E-state index contributed by atoms with van der Waals surface area (Å²) in [7, 11) is 1.68. The number of anilines is 1. The predicted molar refractivity (Wildman–Crippen MR) is 172 cm³/mol. The van der Waals surface area contributed by atoms with Crippen molar-refractivity contribution in [2.24, 2.45) is 0 Å². The lowest BCUT2D eigenvalue weighted by Gasteiger charge is -2.41. The van der Waals surface area contributed by atoms with Crippen LogP contribution in [0.3, 0.4) is 0 Å². The number of hydrogen-bond acceptors (Lipinski definition) is 7. The summed E-state index contributed by atoms with van der Waals surface area (Å²) in [6, 6.07) is 14.2. The number of urea groups is 1. The fourth-order valence-corrected chi connectivity index (χ4v) is 6.78. The number of hydrogen-bond donors (Lipinski definition) is 1. The first-order chi connectivity index (χ1) is 21.8. The number of amides is 3. The first-order valence-corrected chi connectivity index (χ1v) is 15.5. The molecule has 2 N–H and O–H groups in total. The van der Waals surface area contributed by atoms with Crippen molar-refractivity contribution < 1.29 is 14.3 Å². The fraction of sp³-hybridized carbons (Fsp3) is 0.382. The van der Waals surface area contributed by atoms with Crippen LogP contribution in [0.5, 0.6) is 0 Å². The van der Waals surface area contributed by atoms with Gasteiger partial charge in [0.25, 0.3) is 0 Å². The highest BCUT2D eigenvalue weighted by Crippen LogP contribution is 2.42. The summed E-state index contributed by atoms with van der Waals surface area (Å²) in [5.74, 6) is 1.62. The molecule has 232 valence electrons. The Balaban J connectivity index is 1.17. The lowest BCUT2D eigenvalue weighted by atomic mass is 9.97. The van der Waals surface area contributed by atoms with Gasteiger partial charge in [0.1, 0.15) is 17.2 Å². The van der Waals surface area contributed by atoms with Crippen LogP contribution in [0.2, 0.25) is 0 Å². The topological polar surface area (TPSA) is 123 Å². The third-order valence-electron chi connectivity index (χ3n) is 9.53. The molecule has 45 heavy (non-hydrogen) atoms. The largest absolute Gasteiger partial charge is 0.383 e. The number of piperazine rings is 1. The van der Waals surface area contributed by atoms with E-state index in [1.54, 1.807) is 18.2 Å². The Morgan fingerprint density at radius 3 is 2.62 bits per heavy atom. The van der Waals surface area contributed by atoms with Crippen molar-refractivity contribution in [3.8, 4) is 17.1 Å². The number of methoxy groups -OCH3 is 1. The second kappa shape index (κ2) is 11.3. The van der Waals surface area contributed by atoms with Crippen LogP contribution in [0.15, 0.2) is 67.5 Å². The number of nitrogen functional groups attached to an aromatic ring is 1. The van der Waals surface area contributed by atoms with Crippen LogP contribution in [0.25, 0.3) is 28.1 Å². The zero-order chi connectivity index (χ0) is 31.3. The minimum absolute atomic E-state index is 0.0428. The van der Waals surface area contributed by atoms with Crippen molar-refractivity contribution in [3.05, 3.63) is 78.8 Å². The van der Waals surface area contributed by atoms with Gasteiger partial charge in [-0.1, -0.05) is 12.6 Å². The summed E-state index contributed by atoms with van der Waals surface area (Å²) < 4.78 is 8.22. The maximum absolute atomic E-state index is 13.6. The zero-order valence-corrected chi connectivity index (χ0v) is 25.7. The Bertz CT molecular complexity index is 1780. The highest BCUT2D eigenvalue weighted by Gasteiger charge is 2.45. The van der Waals surface area contributed by atoms with Gasteiger partial charge in [-0.05, 0) is 73.7 Å². The van der Waals surface area contributed by atoms with Gasteiger partial charge >= 0.3 is 6.03 Å². The Morgan fingerprint density at radius 2 is 1.93 bits per heavy atom. The Hall–Kier alpha value is -4.77. The van der Waals surface area contributed by atoms with E-state index in [4.69, 9.17) is 20.4 Å². The molecule has 2 saturated heterocycles. The summed E-state index contributed by atoms with van der Waals surface area (Å²) in [4.78, 5) is 45.4. The molecule has 11 nitrogen and oxygen atoms in total. The van der Waals surface area contributed by atoms with Gasteiger partial charge in [0.05, 0.1) is 40.7 Å². The maximum Gasteiger partial charge on any atom is 0.320 e. The van der Waals surface area contributed by atoms with Crippen LogP contribution in [0.4, 0.5) is 10.6 Å². The molecule has 1 aliphatic carbocycles. The number of carbonyl (C=O) groups excluding carboxylic acids is 2. The minimum Gasteiger partial charge on any atom is -0.383 e. The second-order valence-electron chi connectivity index (χ2n) is 12.3. The first-order valence-electron chi connectivity index (χ1n) is 15.5. The zero-order valence-electron chi connectivity index (χ0n) is 25.7. The van der Waals surface area contributed by atoms with Crippen LogP contribution in [-0.4, -0.2) is 92.0 Å². The number of imidazole rings is 1. The van der Waals surface area contributed by atoms with Gasteiger partial charge in [0, 0.05) is 51.9 Å². The summed E-state index contributed by atoms with van der Waals surface area (Å²) in [5.41, 5.74) is 11.2. The molecular formula is C34H38N8O3. The number of nitrogens with two attached hydrogens (primary N) is 1. The number of ether oxygens (including phenoxy) is 1. The smallest absolute Gasteiger partial charge is 0.320 e. The van der Waals surface area contributed by atoms with Crippen LogP contribution in [0, 0.1) is 0 Å². The van der Waals surface area contributed by atoms with Crippen molar-refractivity contribution in [1.82, 2.24) is 34.2 Å². The van der Waals surface area contributed by atoms with Crippen LogP contribution in [-0.2, 0) is 15.1 Å². The monoisotopic (exact) mass is 606 g/mol. The standard InChI is InChI=1S/C34H38N8O3/c1-4-30(43)39-16-17-41(22(2)20-39)33(44)40-15-13-34(21-40,45-3)29-12-10-25(19-37-29)42-28-18-24(23-7-8-23)9-11-27(28)38-32(42)26-6-5-14-36-31(26)35/h4-6,9-12,14,18-19,22-23H,1,7-8,13,15-17,20-21H2,2-3H3,(H2,35,36)/t22-,34+/m0/s1. The molecule has 1 saturated carbocycles. The molecule has 1 aromatic carbocycles. The van der Waals surface area contributed by atoms with Crippen molar-refractivity contribution in [1.29, 1.82) is 0 Å². The van der Waals surface area contributed by atoms with Crippen molar-refractivity contribution in [2.45, 2.75) is 43.7 Å². The molecule has 3 fully saturated rings. The van der Waals surface area contributed by atoms with E-state index in [1.807, 2.05) is 47.2 Å². The number of fused-ring (bicyclic) bond motifs is 1. The lowest BCUT2D eigenvalue weighted by Crippen LogP contribution is -2.58. The highest BCUT2D eigenvalue weighted by atomic mass is 16.5. The van der Waals surface area contributed by atoms with Gasteiger partial charge in [-0.25, -0.2) is 14.8 Å². The third-order valence-corrected chi connectivity index (χ3v) is 9.53. The average molecular weight is 607 g/mol. The van der Waals surface area contributed by atoms with Gasteiger partial charge < -0.3 is 25.2 Å². The predicted octanol–water partition coefficient (Wildman–Crippen LogP) is 4.33. The van der Waals surface area contributed by atoms with Crippen LogP contribution < -0.4 is 5.73 Å². The molecule has 7 rings (SSSR count). The van der Waals surface area contributed by atoms with Gasteiger partial charge in [-0.15, -0.1) is 0 Å². The molecule has 3 aliphatic rings. The molecule has 2 aliphatic heterocycles. The quantitative estimate of drug-likeness (QED) is 0.324. The minimum atomic E-state index is -0.731. The highest BCUT2D eigenvalue weighted by molar-refractivity contribution is 5.87. The summed E-state index contributed by atoms with van der Waals surface area (Å²) in [6.45, 7) is 7.96. The van der Waals surface area contributed by atoms with Gasteiger partial charge in [-0.2, -0.15) is 0 Å². The number of aromatic nitrogens is 4. The van der Waals surface area contributed by atoms with Crippen molar-refractivity contribution in [2.75, 3.05) is 45.6 Å². The number of pyridine rings is 2. The molecule has 11 heteroatoms. The SMILES string of the molecule is C=CC(=O)N1CCN(C(=O)N2CC[C@](OC)(c3ccc(-n4c(-c5cccnc5N)nc5ccc(C6CC6)cc54)cn3)C2)[C@@H](C)C1. The molecule has 2 atom stereocenters. The van der Waals surface area contributed by atoms with E-state index in [0.29, 0.717) is 56.7 Å². The Labute approximate surface area is 262 Å². The molecule has 0 unspecified atom stereocenters. The molecule has 3 amide bonds. The van der Waals surface area contributed by atoms with Crippen molar-refractivity contribution in [3.63, 3.8) is 0 Å². The van der Waals surface area contributed by atoms with E-state index in [1.165, 1.54) is 24.5 Å². The van der Waals surface area contributed by atoms with Gasteiger partial charge in [-0.3, -0.25) is 14.3 Å². The molecular weight excluding hydrogens is 568 g/mol. The molecule has 5 heterocycles. The van der Waals surface area contributed by atoms with E-state index in [-0.39, 0.29) is 18.0 Å². The number of benzene rings is 1.